The highest BCUT2D eigenvalue weighted by atomic mass is 35.5. The van der Waals surface area contributed by atoms with Gasteiger partial charge in [-0.05, 0) is 37.0 Å². The Labute approximate surface area is 134 Å². The zero-order valence-electron chi connectivity index (χ0n) is 11.8. The van der Waals surface area contributed by atoms with Gasteiger partial charge >= 0.3 is 0 Å². The van der Waals surface area contributed by atoms with E-state index in [0.29, 0.717) is 12.1 Å². The summed E-state index contributed by atoms with van der Waals surface area (Å²) in [5.41, 5.74) is 2.71. The molecule has 1 N–H and O–H groups in total. The molecule has 0 bridgehead atoms. The summed E-state index contributed by atoms with van der Waals surface area (Å²) in [6.45, 7) is 0.790. The molecule has 1 aliphatic heterocycles. The molecule has 1 aromatic carbocycles. The number of benzene rings is 1. The number of rotatable bonds is 2. The number of thiophene rings is 1. The highest BCUT2D eigenvalue weighted by Crippen LogP contribution is 2.40. The van der Waals surface area contributed by atoms with Crippen LogP contribution in [0.3, 0.4) is 0 Å². The van der Waals surface area contributed by atoms with Crippen LogP contribution in [-0.4, -0.2) is 6.61 Å². The molecule has 0 saturated carbocycles. The first kappa shape index (κ1) is 13.6. The molecule has 2 aromatic rings. The van der Waals surface area contributed by atoms with Crippen LogP contribution in [0.1, 0.15) is 47.4 Å². The van der Waals surface area contributed by atoms with Crippen LogP contribution in [0, 0.1) is 0 Å². The molecule has 2 heterocycles. The molecule has 21 heavy (non-hydrogen) atoms. The Balaban J connectivity index is 1.60. The van der Waals surface area contributed by atoms with Gasteiger partial charge in [-0.15, -0.1) is 11.3 Å². The summed E-state index contributed by atoms with van der Waals surface area (Å²) < 4.78 is 6.68. The Kier molecular flexibility index (Phi) is 3.66. The Morgan fingerprint density at radius 3 is 2.95 bits per heavy atom. The van der Waals surface area contributed by atoms with Gasteiger partial charge in [-0.1, -0.05) is 29.8 Å². The number of para-hydroxylation sites is 1. The molecular formula is C17H18ClNOS. The summed E-state index contributed by atoms with van der Waals surface area (Å²) in [6.07, 6.45) is 4.64. The van der Waals surface area contributed by atoms with Crippen molar-refractivity contribution in [2.24, 2.45) is 0 Å². The van der Waals surface area contributed by atoms with E-state index in [1.165, 1.54) is 35.3 Å². The van der Waals surface area contributed by atoms with Crippen molar-refractivity contribution in [3.8, 4) is 5.75 Å². The molecule has 0 spiro atoms. The zero-order valence-corrected chi connectivity index (χ0v) is 13.3. The van der Waals surface area contributed by atoms with Crippen molar-refractivity contribution < 1.29 is 4.74 Å². The van der Waals surface area contributed by atoms with E-state index in [1.807, 2.05) is 6.07 Å². The summed E-state index contributed by atoms with van der Waals surface area (Å²) in [5.74, 6) is 1.03. The van der Waals surface area contributed by atoms with E-state index >= 15 is 0 Å². The van der Waals surface area contributed by atoms with E-state index in [9.17, 15) is 0 Å². The summed E-state index contributed by atoms with van der Waals surface area (Å²) in [5, 5.41) is 3.85. The molecule has 0 fully saturated rings. The predicted molar refractivity (Wildman–Crippen MR) is 87.4 cm³/mol. The maximum atomic E-state index is 6.21. The van der Waals surface area contributed by atoms with Crippen molar-refractivity contribution in [1.29, 1.82) is 0 Å². The van der Waals surface area contributed by atoms with E-state index in [2.05, 4.69) is 29.6 Å². The largest absolute Gasteiger partial charge is 0.493 e. The number of fused-ring (bicyclic) bond motifs is 2. The van der Waals surface area contributed by atoms with Gasteiger partial charge < -0.3 is 10.1 Å². The van der Waals surface area contributed by atoms with Gasteiger partial charge in [0.05, 0.1) is 10.9 Å². The third-order valence-corrected chi connectivity index (χ3v) is 5.78. The fourth-order valence-corrected chi connectivity index (χ4v) is 4.84. The van der Waals surface area contributed by atoms with E-state index in [1.54, 1.807) is 11.3 Å². The van der Waals surface area contributed by atoms with Crippen LogP contribution < -0.4 is 10.1 Å². The molecule has 1 aliphatic carbocycles. The molecule has 2 aliphatic rings. The van der Waals surface area contributed by atoms with Crippen molar-refractivity contribution in [2.75, 3.05) is 6.61 Å². The van der Waals surface area contributed by atoms with Crippen LogP contribution in [0.2, 0.25) is 4.34 Å². The van der Waals surface area contributed by atoms with Gasteiger partial charge in [-0.3, -0.25) is 0 Å². The molecular weight excluding hydrogens is 302 g/mol. The Hall–Kier alpha value is -1.03. The first-order valence-electron chi connectivity index (χ1n) is 7.57. The predicted octanol–water partition coefficient (Wildman–Crippen LogP) is 4.89. The first-order valence-corrected chi connectivity index (χ1v) is 8.76. The number of ether oxygens (including phenoxy) is 1. The Morgan fingerprint density at radius 2 is 2.00 bits per heavy atom. The minimum atomic E-state index is 0.379. The van der Waals surface area contributed by atoms with E-state index in [4.69, 9.17) is 16.3 Å². The molecule has 2 unspecified atom stereocenters. The lowest BCUT2D eigenvalue weighted by atomic mass is 9.91. The molecule has 0 radical (unpaired) electrons. The minimum absolute atomic E-state index is 0.379. The van der Waals surface area contributed by atoms with Crippen LogP contribution in [0.25, 0.3) is 0 Å². The second-order valence-corrected chi connectivity index (χ2v) is 7.54. The number of aryl methyl sites for hydroxylation is 1. The molecule has 2 nitrogen and oxygen atoms in total. The standard InChI is InChI=1S/C17H18ClNOS/c18-17-10-12-13(5-3-7-16(12)21-17)19-14-8-9-20-15-6-2-1-4-11(14)15/h1-2,4,6,10,13-14,19H,3,5,7-9H2. The van der Waals surface area contributed by atoms with Gasteiger partial charge in [0.1, 0.15) is 5.75 Å². The molecule has 110 valence electrons. The van der Waals surface area contributed by atoms with Gasteiger partial charge in [-0.2, -0.15) is 0 Å². The molecule has 4 heteroatoms. The fraction of sp³-hybridized carbons (Fsp3) is 0.412. The second kappa shape index (κ2) is 5.64. The Morgan fingerprint density at radius 1 is 1.14 bits per heavy atom. The lowest BCUT2D eigenvalue weighted by molar-refractivity contribution is 0.240. The highest BCUT2D eigenvalue weighted by molar-refractivity contribution is 7.16. The van der Waals surface area contributed by atoms with Crippen molar-refractivity contribution in [2.45, 2.75) is 37.8 Å². The third kappa shape index (κ3) is 2.59. The SMILES string of the molecule is Clc1cc2c(s1)CCCC2NC1CCOc2ccccc21. The summed E-state index contributed by atoms with van der Waals surface area (Å²) in [6, 6.07) is 11.3. The quantitative estimate of drug-likeness (QED) is 0.850. The average Bonchev–Trinajstić information content (AvgIpc) is 2.89. The number of hydrogen-bond acceptors (Lipinski definition) is 3. The summed E-state index contributed by atoms with van der Waals surface area (Å²) in [4.78, 5) is 1.46. The van der Waals surface area contributed by atoms with Crippen molar-refractivity contribution in [3.05, 3.63) is 50.7 Å². The van der Waals surface area contributed by atoms with Crippen molar-refractivity contribution in [3.63, 3.8) is 0 Å². The normalized spacial score (nSPS) is 24.0. The van der Waals surface area contributed by atoms with Crippen LogP contribution in [0.15, 0.2) is 30.3 Å². The van der Waals surface area contributed by atoms with Gasteiger partial charge in [0.15, 0.2) is 0 Å². The van der Waals surface area contributed by atoms with Crippen molar-refractivity contribution in [1.82, 2.24) is 5.32 Å². The number of nitrogens with one attached hydrogen (secondary N) is 1. The minimum Gasteiger partial charge on any atom is -0.493 e. The maximum Gasteiger partial charge on any atom is 0.124 e. The smallest absolute Gasteiger partial charge is 0.124 e. The molecule has 0 saturated heterocycles. The molecule has 1 aromatic heterocycles. The van der Waals surface area contributed by atoms with Crippen LogP contribution in [0.5, 0.6) is 5.75 Å². The molecule has 0 amide bonds. The number of hydrogen-bond donors (Lipinski definition) is 1. The van der Waals surface area contributed by atoms with E-state index in [-0.39, 0.29) is 0 Å². The van der Waals surface area contributed by atoms with Crippen LogP contribution >= 0.6 is 22.9 Å². The van der Waals surface area contributed by atoms with Crippen LogP contribution in [-0.2, 0) is 6.42 Å². The highest BCUT2D eigenvalue weighted by Gasteiger charge is 2.28. The van der Waals surface area contributed by atoms with Gasteiger partial charge in [-0.25, -0.2) is 0 Å². The maximum absolute atomic E-state index is 6.21. The third-order valence-electron chi connectivity index (χ3n) is 4.44. The zero-order chi connectivity index (χ0) is 14.2. The second-order valence-electron chi connectivity index (χ2n) is 5.77. The van der Waals surface area contributed by atoms with E-state index < -0.39 is 0 Å². The monoisotopic (exact) mass is 319 g/mol. The lowest BCUT2D eigenvalue weighted by Gasteiger charge is -2.32. The van der Waals surface area contributed by atoms with Gasteiger partial charge in [0.25, 0.3) is 0 Å². The first-order chi connectivity index (χ1) is 10.3. The summed E-state index contributed by atoms with van der Waals surface area (Å²) in [7, 11) is 0. The number of halogens is 1. The van der Waals surface area contributed by atoms with Crippen LogP contribution in [0.4, 0.5) is 0 Å². The topological polar surface area (TPSA) is 21.3 Å². The van der Waals surface area contributed by atoms with Gasteiger partial charge in [0, 0.05) is 28.9 Å². The van der Waals surface area contributed by atoms with Gasteiger partial charge in [0.2, 0.25) is 0 Å². The lowest BCUT2D eigenvalue weighted by Crippen LogP contribution is -2.31. The summed E-state index contributed by atoms with van der Waals surface area (Å²) >= 11 is 7.95. The average molecular weight is 320 g/mol. The van der Waals surface area contributed by atoms with E-state index in [0.717, 1.165) is 23.1 Å². The molecule has 2 atom stereocenters. The van der Waals surface area contributed by atoms with Crippen molar-refractivity contribution >= 4 is 22.9 Å². The molecule has 4 rings (SSSR count). The Bertz CT molecular complexity index is 654. The fourth-order valence-electron chi connectivity index (χ4n) is 3.45.